The van der Waals surface area contributed by atoms with Gasteiger partial charge in [0, 0.05) is 19.4 Å². The Labute approximate surface area is 509 Å². The van der Waals surface area contributed by atoms with Crippen molar-refractivity contribution in [2.24, 2.45) is 5.73 Å². The van der Waals surface area contributed by atoms with Crippen LogP contribution in [0.2, 0.25) is 0 Å². The highest BCUT2D eigenvalue weighted by molar-refractivity contribution is 7.47. The van der Waals surface area contributed by atoms with Crippen LogP contribution in [0, 0.1) is 0 Å². The average molecular weight is 1170 g/mol. The van der Waals surface area contributed by atoms with Crippen LogP contribution < -0.4 is 5.73 Å². The second-order valence-electron chi connectivity index (χ2n) is 21.6. The van der Waals surface area contributed by atoms with Gasteiger partial charge in [-0.1, -0.05) is 282 Å². The zero-order valence-corrected chi connectivity index (χ0v) is 53.8. The predicted octanol–water partition coefficient (Wildman–Crippen LogP) is 21.9. The summed E-state index contributed by atoms with van der Waals surface area (Å²) in [4.78, 5) is 35.3. The second kappa shape index (κ2) is 67.0. The second-order valence-corrected chi connectivity index (χ2v) is 23.1. The number of allylic oxidation sites excluding steroid dienone is 24. The lowest BCUT2D eigenvalue weighted by atomic mass is 10.0. The van der Waals surface area contributed by atoms with Gasteiger partial charge in [0.05, 0.1) is 13.2 Å². The molecule has 0 amide bonds. The molecule has 0 aromatic carbocycles. The first-order valence-corrected chi connectivity index (χ1v) is 34.8. The molecule has 10 heteroatoms. The minimum atomic E-state index is -4.40. The van der Waals surface area contributed by atoms with E-state index >= 15 is 0 Å². The smallest absolute Gasteiger partial charge is 0.462 e. The largest absolute Gasteiger partial charge is 0.472 e. The minimum Gasteiger partial charge on any atom is -0.462 e. The fourth-order valence-electron chi connectivity index (χ4n) is 8.81. The molecule has 0 bridgehead atoms. The van der Waals surface area contributed by atoms with Crippen molar-refractivity contribution < 1.29 is 37.6 Å². The van der Waals surface area contributed by atoms with Crippen LogP contribution >= 0.6 is 7.82 Å². The zero-order chi connectivity index (χ0) is 60.1. The third-order valence-electron chi connectivity index (χ3n) is 13.7. The number of ether oxygens (including phenoxy) is 2. The lowest BCUT2D eigenvalue weighted by molar-refractivity contribution is -0.161. The van der Waals surface area contributed by atoms with E-state index in [1.54, 1.807) is 0 Å². The van der Waals surface area contributed by atoms with Gasteiger partial charge in [0.25, 0.3) is 0 Å². The molecule has 0 spiro atoms. The molecule has 3 N–H and O–H groups in total. The SMILES string of the molecule is CC/C=C\C/C=C\C/C=C\C/C=C\C/C=C\C/C=C\C/C=C\C/C=C\C/C=C\CCCCCCCCCCCCCCCC(=O)OC(COC(=O)CCCCCCCC/C=C\C/C=C\C/C=C\CCCCCCC)COP(=O)(O)OCCN. The van der Waals surface area contributed by atoms with Crippen molar-refractivity contribution >= 4 is 19.8 Å². The highest BCUT2D eigenvalue weighted by atomic mass is 31.2. The van der Waals surface area contributed by atoms with Crippen LogP contribution in [0.5, 0.6) is 0 Å². The number of hydrogen-bond acceptors (Lipinski definition) is 8. The van der Waals surface area contributed by atoms with Crippen LogP contribution in [0.4, 0.5) is 0 Å². The molecule has 9 nitrogen and oxygen atoms in total. The first-order valence-electron chi connectivity index (χ1n) is 33.3. The standard InChI is InChI=1S/C73H122NO8P/c1-3-5-7-9-11-13-15-17-19-21-23-25-26-27-28-29-30-31-32-33-34-35-36-37-38-39-40-41-42-43-44-46-48-50-52-54-56-58-60-62-64-66-73(76)82-71(70-81-83(77,78)80-68-67-74)69-79-72(75)65-63-61-59-57-55-53-51-49-47-45-24-22-20-18-16-14-12-10-8-6-4-2/h5,7,11,13,16-19,22-25,27-28,30-31,33-34,36-37,39-40,47,49,71H,3-4,6,8-10,12,14-15,20-21,26,29,32,35,38,41-46,48,50-70,74H2,1-2H3,(H,77,78)/b7-5-,13-11-,18-16-,19-17-,24-22-,25-23-,28-27-,31-30-,34-33-,37-36-,40-39-,49-47-. The van der Waals surface area contributed by atoms with Gasteiger partial charge in [0.2, 0.25) is 0 Å². The molecule has 0 radical (unpaired) electrons. The molecular weight excluding hydrogens is 1050 g/mol. The van der Waals surface area contributed by atoms with Crippen LogP contribution in [0.3, 0.4) is 0 Å². The van der Waals surface area contributed by atoms with Crippen molar-refractivity contribution in [3.05, 3.63) is 146 Å². The summed E-state index contributed by atoms with van der Waals surface area (Å²) in [7, 11) is -4.40. The number of esters is 2. The summed E-state index contributed by atoms with van der Waals surface area (Å²) < 4.78 is 33.1. The van der Waals surface area contributed by atoms with E-state index in [1.807, 2.05) is 0 Å². The van der Waals surface area contributed by atoms with Gasteiger partial charge in [-0.15, -0.1) is 0 Å². The van der Waals surface area contributed by atoms with Gasteiger partial charge in [-0.05, 0) is 122 Å². The van der Waals surface area contributed by atoms with Crippen LogP contribution in [0.1, 0.15) is 271 Å². The number of carbonyl (C=O) groups excluding carboxylic acids is 2. The molecule has 0 saturated carbocycles. The van der Waals surface area contributed by atoms with Gasteiger partial charge in [-0.25, -0.2) is 4.57 Å². The molecule has 472 valence electrons. The maximum absolute atomic E-state index is 12.7. The monoisotopic (exact) mass is 1170 g/mol. The number of carbonyl (C=O) groups is 2. The Kier molecular flexibility index (Phi) is 63.7. The Morgan fingerprint density at radius 3 is 0.988 bits per heavy atom. The van der Waals surface area contributed by atoms with E-state index in [4.69, 9.17) is 24.3 Å². The van der Waals surface area contributed by atoms with Crippen molar-refractivity contribution in [1.29, 1.82) is 0 Å². The fraction of sp³-hybridized carbons (Fsp3) is 0.644. The first kappa shape index (κ1) is 78.9. The predicted molar refractivity (Wildman–Crippen MR) is 357 cm³/mol. The lowest BCUT2D eigenvalue weighted by Crippen LogP contribution is -2.29. The van der Waals surface area contributed by atoms with Gasteiger partial charge in [0.1, 0.15) is 6.61 Å². The molecule has 0 saturated heterocycles. The molecule has 0 fully saturated rings. The summed E-state index contributed by atoms with van der Waals surface area (Å²) in [5.74, 6) is -0.847. The van der Waals surface area contributed by atoms with E-state index in [2.05, 4.69) is 160 Å². The summed E-state index contributed by atoms with van der Waals surface area (Å²) in [5.41, 5.74) is 5.39. The molecule has 0 heterocycles. The maximum atomic E-state index is 12.7. The molecule has 0 aliphatic rings. The number of phosphoric acid groups is 1. The van der Waals surface area contributed by atoms with Gasteiger partial charge in [0.15, 0.2) is 6.10 Å². The van der Waals surface area contributed by atoms with Crippen LogP contribution in [-0.2, 0) is 32.7 Å². The molecule has 0 rings (SSSR count). The summed E-state index contributed by atoms with van der Waals surface area (Å²) in [6, 6.07) is 0. The first-order chi connectivity index (χ1) is 40.8. The fourth-order valence-corrected chi connectivity index (χ4v) is 9.58. The molecule has 0 aliphatic heterocycles. The Morgan fingerprint density at radius 1 is 0.373 bits per heavy atom. The molecule has 2 unspecified atom stereocenters. The number of unbranched alkanes of at least 4 members (excludes halogenated alkanes) is 24. The summed E-state index contributed by atoms with van der Waals surface area (Å²) in [6.45, 7) is 3.60. The lowest BCUT2D eigenvalue weighted by Gasteiger charge is -2.19. The van der Waals surface area contributed by atoms with Gasteiger partial charge in [-0.3, -0.25) is 18.6 Å². The molecule has 83 heavy (non-hydrogen) atoms. The van der Waals surface area contributed by atoms with Crippen molar-refractivity contribution in [2.75, 3.05) is 26.4 Å². The molecular formula is C73H122NO8P. The average Bonchev–Trinajstić information content (AvgIpc) is 3.49. The third-order valence-corrected chi connectivity index (χ3v) is 14.7. The summed E-state index contributed by atoms with van der Waals surface area (Å²) in [5, 5.41) is 0. The zero-order valence-electron chi connectivity index (χ0n) is 52.9. The van der Waals surface area contributed by atoms with Gasteiger partial charge < -0.3 is 20.1 Å². The highest BCUT2D eigenvalue weighted by Gasteiger charge is 2.26. The quantitative estimate of drug-likeness (QED) is 0.0264. The minimum absolute atomic E-state index is 0.0453. The molecule has 2 atom stereocenters. The molecule has 0 aromatic rings. The topological polar surface area (TPSA) is 134 Å². The Morgan fingerprint density at radius 2 is 0.663 bits per heavy atom. The van der Waals surface area contributed by atoms with Gasteiger partial charge >= 0.3 is 19.8 Å². The van der Waals surface area contributed by atoms with Crippen molar-refractivity contribution in [3.8, 4) is 0 Å². The van der Waals surface area contributed by atoms with Gasteiger partial charge in [-0.2, -0.15) is 0 Å². The van der Waals surface area contributed by atoms with E-state index in [1.165, 1.54) is 103 Å². The van der Waals surface area contributed by atoms with Crippen LogP contribution in [-0.4, -0.2) is 49.3 Å². The number of phosphoric ester groups is 1. The maximum Gasteiger partial charge on any atom is 0.472 e. The Hall–Kier alpha value is -4.11. The van der Waals surface area contributed by atoms with E-state index < -0.39 is 32.5 Å². The van der Waals surface area contributed by atoms with E-state index in [0.29, 0.717) is 12.8 Å². The van der Waals surface area contributed by atoms with Crippen LogP contribution in [0.15, 0.2) is 146 Å². The Bertz CT molecular complexity index is 1870. The normalized spacial score (nSPS) is 13.9. The molecule has 0 aliphatic carbocycles. The third kappa shape index (κ3) is 66.9. The van der Waals surface area contributed by atoms with E-state index in [0.717, 1.165) is 128 Å². The van der Waals surface area contributed by atoms with E-state index in [-0.39, 0.29) is 32.6 Å². The Balaban J connectivity index is 3.94. The van der Waals surface area contributed by atoms with Crippen molar-refractivity contribution in [1.82, 2.24) is 0 Å². The summed E-state index contributed by atoms with van der Waals surface area (Å²) in [6.07, 6.45) is 96.4. The molecule has 0 aromatic heterocycles. The number of hydrogen-bond donors (Lipinski definition) is 2. The van der Waals surface area contributed by atoms with E-state index in [9.17, 15) is 19.0 Å². The van der Waals surface area contributed by atoms with Crippen LogP contribution in [0.25, 0.3) is 0 Å². The number of nitrogens with two attached hydrogens (primary N) is 1. The van der Waals surface area contributed by atoms with Crippen molar-refractivity contribution in [3.63, 3.8) is 0 Å². The highest BCUT2D eigenvalue weighted by Crippen LogP contribution is 2.43. The van der Waals surface area contributed by atoms with Crippen molar-refractivity contribution in [2.45, 2.75) is 277 Å². The summed E-state index contributed by atoms with van der Waals surface area (Å²) >= 11 is 0. The number of rotatable bonds is 61.